The van der Waals surface area contributed by atoms with Crippen molar-refractivity contribution in [3.8, 4) is 6.07 Å². The lowest BCUT2D eigenvalue weighted by Gasteiger charge is -2.00. The van der Waals surface area contributed by atoms with Crippen LogP contribution in [-0.2, 0) is 4.79 Å². The van der Waals surface area contributed by atoms with Crippen molar-refractivity contribution in [2.75, 3.05) is 6.54 Å². The quantitative estimate of drug-likeness (QED) is 0.577. The highest BCUT2D eigenvalue weighted by Crippen LogP contribution is 1.88. The van der Waals surface area contributed by atoms with E-state index in [1.807, 2.05) is 13.0 Å². The molecule has 0 aliphatic heterocycles. The highest BCUT2D eigenvalue weighted by Gasteiger charge is 2.08. The van der Waals surface area contributed by atoms with Gasteiger partial charge in [-0.1, -0.05) is 0 Å². The summed E-state index contributed by atoms with van der Waals surface area (Å²) >= 11 is 0. The third-order valence-electron chi connectivity index (χ3n) is 0.938. The summed E-state index contributed by atoms with van der Waals surface area (Å²) < 4.78 is 0. The van der Waals surface area contributed by atoms with Crippen LogP contribution in [0.1, 0.15) is 13.8 Å². The van der Waals surface area contributed by atoms with Crippen LogP contribution in [0.5, 0.6) is 0 Å². The monoisotopic (exact) mass is 126 g/mol. The molecule has 0 radical (unpaired) electrons. The van der Waals surface area contributed by atoms with Crippen LogP contribution in [0.4, 0.5) is 0 Å². The molecule has 1 N–H and O–H groups in total. The van der Waals surface area contributed by atoms with Crippen LogP contribution in [0.2, 0.25) is 0 Å². The molecule has 0 fully saturated rings. The summed E-state index contributed by atoms with van der Waals surface area (Å²) in [6, 6.07) is 1.84. The van der Waals surface area contributed by atoms with Crippen molar-refractivity contribution in [1.29, 1.82) is 5.26 Å². The lowest BCUT2D eigenvalue weighted by molar-refractivity contribution is -0.122. The standard InChI is InChI=1S/C6H10N2O/c1-3-8-6(9)5(2)4-7/h5H,3H2,1-2H3,(H,8,9). The van der Waals surface area contributed by atoms with Crippen molar-refractivity contribution in [3.63, 3.8) is 0 Å². The molecule has 0 aromatic rings. The van der Waals surface area contributed by atoms with Gasteiger partial charge in [-0.05, 0) is 13.8 Å². The first-order chi connectivity index (χ1) is 4.22. The Morgan fingerprint density at radius 2 is 2.44 bits per heavy atom. The van der Waals surface area contributed by atoms with Crippen molar-refractivity contribution in [2.45, 2.75) is 13.8 Å². The number of nitrogens with one attached hydrogen (secondary N) is 1. The maximum absolute atomic E-state index is 10.6. The Balaban J connectivity index is 3.63. The van der Waals surface area contributed by atoms with Gasteiger partial charge >= 0.3 is 0 Å². The summed E-state index contributed by atoms with van der Waals surface area (Å²) in [4.78, 5) is 10.6. The Morgan fingerprint density at radius 3 is 2.78 bits per heavy atom. The average molecular weight is 126 g/mol. The Morgan fingerprint density at radius 1 is 1.89 bits per heavy atom. The fourth-order valence-corrected chi connectivity index (χ4v) is 0.386. The van der Waals surface area contributed by atoms with E-state index in [4.69, 9.17) is 5.26 Å². The van der Waals surface area contributed by atoms with Crippen LogP contribution < -0.4 is 5.32 Å². The minimum atomic E-state index is -0.523. The van der Waals surface area contributed by atoms with E-state index in [9.17, 15) is 4.79 Å². The third-order valence-corrected chi connectivity index (χ3v) is 0.938. The number of carbonyl (C=O) groups is 1. The molecule has 1 unspecified atom stereocenters. The zero-order chi connectivity index (χ0) is 7.28. The zero-order valence-electron chi connectivity index (χ0n) is 5.64. The SMILES string of the molecule is CCNC(=O)C(C)C#N. The van der Waals surface area contributed by atoms with Gasteiger partial charge in [0.25, 0.3) is 0 Å². The molecule has 3 heteroatoms. The van der Waals surface area contributed by atoms with Gasteiger partial charge in [-0.3, -0.25) is 4.79 Å². The van der Waals surface area contributed by atoms with E-state index in [-0.39, 0.29) is 5.91 Å². The van der Waals surface area contributed by atoms with Crippen LogP contribution in [0.3, 0.4) is 0 Å². The molecule has 50 valence electrons. The van der Waals surface area contributed by atoms with Crippen molar-refractivity contribution in [3.05, 3.63) is 0 Å². The maximum Gasteiger partial charge on any atom is 0.237 e. The summed E-state index contributed by atoms with van der Waals surface area (Å²) in [5, 5.41) is 10.8. The van der Waals surface area contributed by atoms with E-state index in [0.29, 0.717) is 6.54 Å². The first-order valence-electron chi connectivity index (χ1n) is 2.89. The molecular formula is C6H10N2O. The van der Waals surface area contributed by atoms with E-state index < -0.39 is 5.92 Å². The van der Waals surface area contributed by atoms with E-state index in [1.54, 1.807) is 6.92 Å². The molecule has 0 rings (SSSR count). The molecule has 0 aliphatic rings. The first kappa shape index (κ1) is 7.96. The molecule has 0 aromatic carbocycles. The lowest BCUT2D eigenvalue weighted by Crippen LogP contribution is -2.27. The molecule has 9 heavy (non-hydrogen) atoms. The van der Waals surface area contributed by atoms with Gasteiger partial charge in [0.2, 0.25) is 5.91 Å². The van der Waals surface area contributed by atoms with E-state index in [0.717, 1.165) is 0 Å². The number of nitriles is 1. The van der Waals surface area contributed by atoms with E-state index >= 15 is 0 Å². The molecule has 1 atom stereocenters. The summed E-state index contributed by atoms with van der Waals surface area (Å²) in [6.07, 6.45) is 0. The van der Waals surface area contributed by atoms with Gasteiger partial charge < -0.3 is 5.32 Å². The van der Waals surface area contributed by atoms with Gasteiger partial charge in [0.05, 0.1) is 6.07 Å². The Hall–Kier alpha value is -1.04. The zero-order valence-corrected chi connectivity index (χ0v) is 5.64. The normalized spacial score (nSPS) is 11.7. The van der Waals surface area contributed by atoms with Gasteiger partial charge in [-0.2, -0.15) is 5.26 Å². The topological polar surface area (TPSA) is 52.9 Å². The van der Waals surface area contributed by atoms with E-state index in [2.05, 4.69) is 5.32 Å². The summed E-state index contributed by atoms with van der Waals surface area (Å²) in [6.45, 7) is 3.98. The number of nitrogens with zero attached hydrogens (tertiary/aromatic N) is 1. The predicted octanol–water partition coefficient (Wildman–Crippen LogP) is 0.282. The minimum absolute atomic E-state index is 0.194. The number of amides is 1. The van der Waals surface area contributed by atoms with Crippen LogP contribution in [-0.4, -0.2) is 12.5 Å². The fourth-order valence-electron chi connectivity index (χ4n) is 0.386. The van der Waals surface area contributed by atoms with Crippen molar-refractivity contribution >= 4 is 5.91 Å². The van der Waals surface area contributed by atoms with Crippen molar-refractivity contribution < 1.29 is 4.79 Å². The third kappa shape index (κ3) is 2.70. The van der Waals surface area contributed by atoms with Crippen molar-refractivity contribution in [1.82, 2.24) is 5.32 Å². The number of hydrogen-bond donors (Lipinski definition) is 1. The van der Waals surface area contributed by atoms with Gasteiger partial charge in [0, 0.05) is 6.54 Å². The second kappa shape index (κ2) is 3.90. The predicted molar refractivity (Wildman–Crippen MR) is 33.5 cm³/mol. The van der Waals surface area contributed by atoms with Crippen LogP contribution >= 0.6 is 0 Å². The summed E-state index contributed by atoms with van der Waals surface area (Å²) in [5.74, 6) is -0.718. The number of rotatable bonds is 2. The van der Waals surface area contributed by atoms with Gasteiger partial charge in [-0.25, -0.2) is 0 Å². The Labute approximate surface area is 54.7 Å². The second-order valence-corrected chi connectivity index (χ2v) is 1.75. The van der Waals surface area contributed by atoms with Crippen LogP contribution in [0.15, 0.2) is 0 Å². The molecule has 0 heterocycles. The van der Waals surface area contributed by atoms with Gasteiger partial charge in [0.1, 0.15) is 5.92 Å². The van der Waals surface area contributed by atoms with Gasteiger partial charge in [-0.15, -0.1) is 0 Å². The number of carbonyl (C=O) groups excluding carboxylic acids is 1. The molecule has 0 bridgehead atoms. The van der Waals surface area contributed by atoms with Crippen molar-refractivity contribution in [2.24, 2.45) is 5.92 Å². The highest BCUT2D eigenvalue weighted by molar-refractivity contribution is 5.80. The molecule has 3 nitrogen and oxygen atoms in total. The van der Waals surface area contributed by atoms with Gasteiger partial charge in [0.15, 0.2) is 0 Å². The first-order valence-corrected chi connectivity index (χ1v) is 2.89. The summed E-state index contributed by atoms with van der Waals surface area (Å²) in [5.41, 5.74) is 0. The van der Waals surface area contributed by atoms with Crippen LogP contribution in [0, 0.1) is 17.2 Å². The average Bonchev–Trinajstić information content (AvgIpc) is 1.87. The smallest absolute Gasteiger partial charge is 0.237 e. The highest BCUT2D eigenvalue weighted by atomic mass is 16.1. The molecule has 0 aromatic heterocycles. The van der Waals surface area contributed by atoms with Crippen LogP contribution in [0.25, 0.3) is 0 Å². The Bertz CT molecular complexity index is 136. The molecule has 0 saturated carbocycles. The largest absolute Gasteiger partial charge is 0.355 e. The fraction of sp³-hybridized carbons (Fsp3) is 0.667. The molecule has 1 amide bonds. The second-order valence-electron chi connectivity index (χ2n) is 1.75. The minimum Gasteiger partial charge on any atom is -0.355 e. The molecule has 0 saturated heterocycles. The molecule has 0 spiro atoms. The lowest BCUT2D eigenvalue weighted by atomic mass is 10.2. The Kier molecular flexibility index (Phi) is 3.45. The molecule has 0 aliphatic carbocycles. The van der Waals surface area contributed by atoms with E-state index in [1.165, 1.54) is 0 Å². The molecular weight excluding hydrogens is 116 g/mol. The number of hydrogen-bond acceptors (Lipinski definition) is 2. The summed E-state index contributed by atoms with van der Waals surface area (Å²) in [7, 11) is 0. The maximum atomic E-state index is 10.6.